The maximum absolute atomic E-state index is 12.8. The second-order valence-corrected chi connectivity index (χ2v) is 5.67. The van der Waals surface area contributed by atoms with Crippen LogP contribution in [-0.2, 0) is 0 Å². The molecule has 1 saturated heterocycles. The summed E-state index contributed by atoms with van der Waals surface area (Å²) < 4.78 is 0. The molecule has 2 heterocycles. The van der Waals surface area contributed by atoms with Crippen molar-refractivity contribution in [3.05, 3.63) is 42.1 Å². The highest BCUT2D eigenvalue weighted by atomic mass is 35.5. The van der Waals surface area contributed by atoms with Crippen molar-refractivity contribution in [2.75, 3.05) is 13.1 Å². The van der Waals surface area contributed by atoms with Gasteiger partial charge in [-0.05, 0) is 25.8 Å². The summed E-state index contributed by atoms with van der Waals surface area (Å²) in [6.45, 7) is 3.44. The Hall–Kier alpha value is -1.85. The van der Waals surface area contributed by atoms with E-state index in [9.17, 15) is 4.79 Å². The highest BCUT2D eigenvalue weighted by Gasteiger charge is 2.33. The van der Waals surface area contributed by atoms with Crippen molar-refractivity contribution in [2.24, 2.45) is 11.7 Å². The smallest absolute Gasteiger partial charge is 0.257 e. The molecule has 1 aromatic heterocycles. The number of hydrogen-bond acceptors (Lipinski definition) is 3. The highest BCUT2D eigenvalue weighted by Crippen LogP contribution is 2.27. The number of rotatable bonds is 3. The molecule has 0 aliphatic carbocycles. The first-order valence-electron chi connectivity index (χ1n) is 7.30. The Bertz CT molecular complexity index is 628. The van der Waals surface area contributed by atoms with E-state index in [0.717, 1.165) is 24.2 Å². The van der Waals surface area contributed by atoms with Gasteiger partial charge in [0.2, 0.25) is 0 Å². The Balaban J connectivity index is 0.00000176. The van der Waals surface area contributed by atoms with Gasteiger partial charge in [0.1, 0.15) is 0 Å². The summed E-state index contributed by atoms with van der Waals surface area (Å²) in [6.07, 6.45) is 2.59. The summed E-state index contributed by atoms with van der Waals surface area (Å²) >= 11 is 0. The summed E-state index contributed by atoms with van der Waals surface area (Å²) in [6, 6.07) is 10.0. The average Bonchev–Trinajstić information content (AvgIpc) is 3.14. The molecule has 118 valence electrons. The van der Waals surface area contributed by atoms with E-state index < -0.39 is 0 Å². The van der Waals surface area contributed by atoms with Crippen LogP contribution in [0.25, 0.3) is 11.3 Å². The molecule has 1 amide bonds. The molecule has 1 aliphatic rings. The molecule has 2 unspecified atom stereocenters. The molecule has 0 radical (unpaired) electrons. The van der Waals surface area contributed by atoms with Crippen molar-refractivity contribution in [1.82, 2.24) is 15.1 Å². The fourth-order valence-corrected chi connectivity index (χ4v) is 3.02. The maximum atomic E-state index is 12.8. The Morgan fingerprint density at radius 3 is 2.77 bits per heavy atom. The van der Waals surface area contributed by atoms with Gasteiger partial charge in [-0.25, -0.2) is 0 Å². The van der Waals surface area contributed by atoms with Gasteiger partial charge in [0.15, 0.2) is 0 Å². The predicted molar refractivity (Wildman–Crippen MR) is 88.9 cm³/mol. The van der Waals surface area contributed by atoms with Crippen LogP contribution in [0.4, 0.5) is 0 Å². The van der Waals surface area contributed by atoms with Gasteiger partial charge in [-0.3, -0.25) is 9.89 Å². The van der Waals surface area contributed by atoms with Crippen LogP contribution in [0.5, 0.6) is 0 Å². The van der Waals surface area contributed by atoms with Crippen LogP contribution >= 0.6 is 12.4 Å². The Kier molecular flexibility index (Phi) is 5.21. The molecule has 22 heavy (non-hydrogen) atoms. The number of nitrogens with two attached hydrogens (primary N) is 1. The van der Waals surface area contributed by atoms with E-state index in [0.29, 0.717) is 18.0 Å². The van der Waals surface area contributed by atoms with Crippen LogP contribution in [-0.4, -0.2) is 40.1 Å². The lowest BCUT2D eigenvalue weighted by Gasteiger charge is -2.21. The molecule has 1 aliphatic heterocycles. The van der Waals surface area contributed by atoms with Crippen LogP contribution < -0.4 is 5.73 Å². The van der Waals surface area contributed by atoms with E-state index in [1.54, 1.807) is 6.20 Å². The van der Waals surface area contributed by atoms with E-state index in [1.165, 1.54) is 0 Å². The summed E-state index contributed by atoms with van der Waals surface area (Å²) in [5.74, 6) is 0.432. The number of halogens is 1. The standard InChI is InChI=1S/C16H20N4O.ClH/c1-11-7-12(8-17)10-20(11)16(21)14-9-18-19-15(14)13-5-3-2-4-6-13;/h2-6,9,11-12H,7-8,10,17H2,1H3,(H,18,19);1H. The fourth-order valence-electron chi connectivity index (χ4n) is 3.02. The number of amides is 1. The van der Waals surface area contributed by atoms with Crippen LogP contribution in [0.3, 0.4) is 0 Å². The van der Waals surface area contributed by atoms with Crippen LogP contribution in [0, 0.1) is 5.92 Å². The molecule has 2 atom stereocenters. The van der Waals surface area contributed by atoms with Crippen molar-refractivity contribution in [3.8, 4) is 11.3 Å². The van der Waals surface area contributed by atoms with Gasteiger partial charge in [-0.1, -0.05) is 30.3 Å². The summed E-state index contributed by atoms with van der Waals surface area (Å²) in [4.78, 5) is 14.7. The molecule has 3 rings (SSSR count). The van der Waals surface area contributed by atoms with E-state index in [2.05, 4.69) is 17.1 Å². The summed E-state index contributed by atoms with van der Waals surface area (Å²) in [5.41, 5.74) is 8.13. The van der Waals surface area contributed by atoms with Crippen LogP contribution in [0.15, 0.2) is 36.5 Å². The van der Waals surface area contributed by atoms with Crippen molar-refractivity contribution in [1.29, 1.82) is 0 Å². The molecular formula is C16H21ClN4O. The molecule has 0 spiro atoms. The number of aromatic amines is 1. The lowest BCUT2D eigenvalue weighted by Crippen LogP contribution is -2.34. The van der Waals surface area contributed by atoms with Gasteiger partial charge in [0, 0.05) is 18.2 Å². The Morgan fingerprint density at radius 2 is 2.14 bits per heavy atom. The second-order valence-electron chi connectivity index (χ2n) is 5.67. The second kappa shape index (κ2) is 6.94. The number of nitrogens with zero attached hydrogens (tertiary/aromatic N) is 2. The largest absolute Gasteiger partial charge is 0.335 e. The lowest BCUT2D eigenvalue weighted by atomic mass is 10.1. The number of benzene rings is 1. The first-order chi connectivity index (χ1) is 10.2. The third-order valence-electron chi connectivity index (χ3n) is 4.19. The number of aromatic nitrogens is 2. The number of nitrogens with one attached hydrogen (secondary N) is 1. The highest BCUT2D eigenvalue weighted by molar-refractivity contribution is 6.00. The van der Waals surface area contributed by atoms with Crippen molar-refractivity contribution in [3.63, 3.8) is 0 Å². The molecule has 6 heteroatoms. The molecule has 1 fully saturated rings. The van der Waals surface area contributed by atoms with Gasteiger partial charge in [-0.2, -0.15) is 5.10 Å². The predicted octanol–water partition coefficient (Wildman–Crippen LogP) is 2.31. The van der Waals surface area contributed by atoms with E-state index in [-0.39, 0.29) is 24.4 Å². The van der Waals surface area contributed by atoms with Crippen molar-refractivity contribution in [2.45, 2.75) is 19.4 Å². The van der Waals surface area contributed by atoms with Gasteiger partial charge in [0.05, 0.1) is 17.5 Å². The first-order valence-corrected chi connectivity index (χ1v) is 7.30. The summed E-state index contributed by atoms with van der Waals surface area (Å²) in [7, 11) is 0. The third kappa shape index (κ3) is 3.00. The van der Waals surface area contributed by atoms with Crippen molar-refractivity contribution >= 4 is 18.3 Å². The van der Waals surface area contributed by atoms with Crippen LogP contribution in [0.2, 0.25) is 0 Å². The number of carbonyl (C=O) groups is 1. The zero-order chi connectivity index (χ0) is 14.8. The van der Waals surface area contributed by atoms with E-state index >= 15 is 0 Å². The zero-order valence-electron chi connectivity index (χ0n) is 12.5. The topological polar surface area (TPSA) is 75.0 Å². The summed E-state index contributed by atoms with van der Waals surface area (Å²) in [5, 5.41) is 7.00. The number of carbonyl (C=O) groups excluding carboxylic acids is 1. The molecule has 2 aromatic rings. The molecule has 1 aromatic carbocycles. The normalized spacial score (nSPS) is 20.7. The van der Waals surface area contributed by atoms with E-state index in [1.807, 2.05) is 35.2 Å². The molecular weight excluding hydrogens is 300 g/mol. The van der Waals surface area contributed by atoms with Crippen molar-refractivity contribution < 1.29 is 4.79 Å². The van der Waals surface area contributed by atoms with Gasteiger partial charge >= 0.3 is 0 Å². The molecule has 5 nitrogen and oxygen atoms in total. The number of H-pyrrole nitrogens is 1. The molecule has 3 N–H and O–H groups in total. The Labute approximate surface area is 136 Å². The SMILES string of the molecule is CC1CC(CN)CN1C(=O)c1cn[nH]c1-c1ccccc1.Cl. The lowest BCUT2D eigenvalue weighted by molar-refractivity contribution is 0.0744. The van der Waals surface area contributed by atoms with Gasteiger partial charge < -0.3 is 10.6 Å². The minimum absolute atomic E-state index is 0. The quantitative estimate of drug-likeness (QED) is 0.911. The van der Waals surface area contributed by atoms with Gasteiger partial charge in [-0.15, -0.1) is 12.4 Å². The van der Waals surface area contributed by atoms with Crippen LogP contribution in [0.1, 0.15) is 23.7 Å². The Morgan fingerprint density at radius 1 is 1.41 bits per heavy atom. The number of likely N-dealkylation sites (tertiary alicyclic amines) is 1. The third-order valence-corrected chi connectivity index (χ3v) is 4.19. The number of hydrogen-bond donors (Lipinski definition) is 2. The minimum Gasteiger partial charge on any atom is -0.335 e. The fraction of sp³-hybridized carbons (Fsp3) is 0.375. The monoisotopic (exact) mass is 320 g/mol. The zero-order valence-corrected chi connectivity index (χ0v) is 13.3. The molecule has 0 bridgehead atoms. The van der Waals surface area contributed by atoms with E-state index in [4.69, 9.17) is 5.73 Å². The first kappa shape index (κ1) is 16.5. The maximum Gasteiger partial charge on any atom is 0.257 e. The van der Waals surface area contributed by atoms with Gasteiger partial charge in [0.25, 0.3) is 5.91 Å². The average molecular weight is 321 g/mol. The molecule has 0 saturated carbocycles. The minimum atomic E-state index is 0.